The summed E-state index contributed by atoms with van der Waals surface area (Å²) in [5.41, 5.74) is 0.988. The van der Waals surface area contributed by atoms with Crippen molar-refractivity contribution < 1.29 is 19.2 Å². The molecule has 0 aliphatic carbocycles. The van der Waals surface area contributed by atoms with Crippen LogP contribution in [0.2, 0.25) is 5.15 Å². The third-order valence-electron chi connectivity index (χ3n) is 6.40. The van der Waals surface area contributed by atoms with Crippen LogP contribution >= 0.6 is 11.6 Å². The van der Waals surface area contributed by atoms with Crippen LogP contribution in [-0.4, -0.2) is 69.6 Å². The highest BCUT2D eigenvalue weighted by molar-refractivity contribution is 6.29. The number of carbonyl (C=O) groups excluding carboxylic acids is 2. The summed E-state index contributed by atoms with van der Waals surface area (Å²) in [6.07, 6.45) is 2.18. The van der Waals surface area contributed by atoms with Gasteiger partial charge >= 0.3 is 0 Å². The van der Waals surface area contributed by atoms with E-state index in [0.29, 0.717) is 42.7 Å². The largest absolute Gasteiger partial charge is 0.498 e. The van der Waals surface area contributed by atoms with Gasteiger partial charge in [0.25, 0.3) is 12.0 Å². The number of pyridine rings is 2. The smallest absolute Gasteiger partial charge is 0.260 e. The van der Waals surface area contributed by atoms with Gasteiger partial charge < -0.3 is 9.90 Å². The quantitative estimate of drug-likeness (QED) is 0.515. The van der Waals surface area contributed by atoms with Crippen LogP contribution in [0.3, 0.4) is 0 Å². The Hall–Kier alpha value is -2.55. The molecule has 1 aliphatic rings. The van der Waals surface area contributed by atoms with Crippen LogP contribution < -0.4 is 10.0 Å². The lowest BCUT2D eigenvalue weighted by atomic mass is 9.95. The second-order valence-corrected chi connectivity index (χ2v) is 9.76. The number of anilines is 1. The maximum absolute atomic E-state index is 12.6. The van der Waals surface area contributed by atoms with E-state index in [9.17, 15) is 14.7 Å². The van der Waals surface area contributed by atoms with Crippen molar-refractivity contribution in [1.82, 2.24) is 14.9 Å². The number of hydrogen-bond donors (Lipinski definition) is 0. The van der Waals surface area contributed by atoms with E-state index in [1.807, 2.05) is 33.8 Å². The van der Waals surface area contributed by atoms with Crippen molar-refractivity contribution >= 4 is 29.4 Å². The molecule has 1 saturated heterocycles. The average molecular weight is 460 g/mol. The summed E-state index contributed by atoms with van der Waals surface area (Å²) in [4.78, 5) is 36.8. The maximum atomic E-state index is 12.6. The predicted molar refractivity (Wildman–Crippen MR) is 121 cm³/mol. The Labute approximate surface area is 194 Å². The molecule has 2 aromatic heterocycles. The number of hydrogen-bond acceptors (Lipinski definition) is 6. The minimum atomic E-state index is -1.01. The Bertz CT molecular complexity index is 975. The predicted octanol–water partition coefficient (Wildman–Crippen LogP) is 2.57. The number of carbonyl (C=O) groups is 2. The number of aromatic nitrogens is 2. The summed E-state index contributed by atoms with van der Waals surface area (Å²) < 4.78 is -0.0485. The first-order chi connectivity index (χ1) is 15.0. The Morgan fingerprint density at radius 3 is 2.44 bits per heavy atom. The van der Waals surface area contributed by atoms with E-state index < -0.39 is 11.6 Å². The first-order valence-electron chi connectivity index (χ1n) is 10.6. The fourth-order valence-corrected chi connectivity index (χ4v) is 4.69. The third-order valence-corrected chi connectivity index (χ3v) is 6.63. The van der Waals surface area contributed by atoms with Gasteiger partial charge in [0.15, 0.2) is 0 Å². The van der Waals surface area contributed by atoms with Crippen molar-refractivity contribution in [3.8, 4) is 0 Å². The van der Waals surface area contributed by atoms with Gasteiger partial charge in [-0.2, -0.15) is 0 Å². The Kier molecular flexibility index (Phi) is 6.88. The zero-order chi connectivity index (χ0) is 23.7. The second-order valence-electron chi connectivity index (χ2n) is 9.37. The first kappa shape index (κ1) is 24.1. The summed E-state index contributed by atoms with van der Waals surface area (Å²) in [6.45, 7) is 10.3. The molecule has 0 saturated carbocycles. The van der Waals surface area contributed by atoms with E-state index >= 15 is 0 Å². The molecule has 172 valence electrons. The molecule has 0 N–H and O–H groups in total. The highest BCUT2D eigenvalue weighted by atomic mass is 35.5. The molecular formula is C23H30ClN5O3. The van der Waals surface area contributed by atoms with Crippen molar-refractivity contribution in [2.75, 3.05) is 31.6 Å². The molecule has 2 aromatic rings. The van der Waals surface area contributed by atoms with Crippen molar-refractivity contribution in [2.24, 2.45) is 0 Å². The lowest BCUT2D eigenvalue weighted by Gasteiger charge is -2.55. The van der Waals surface area contributed by atoms with Crippen LogP contribution in [0.25, 0.3) is 0 Å². The average Bonchev–Trinajstić information content (AvgIpc) is 2.73. The van der Waals surface area contributed by atoms with E-state index in [1.165, 1.54) is 11.1 Å². The maximum Gasteiger partial charge on any atom is 0.260 e. The Morgan fingerprint density at radius 1 is 1.22 bits per heavy atom. The van der Waals surface area contributed by atoms with Gasteiger partial charge in [-0.15, -0.1) is 0 Å². The molecule has 8 nitrogen and oxygen atoms in total. The summed E-state index contributed by atoms with van der Waals surface area (Å²) in [6, 6.07) is 6.85. The molecule has 2 atom stereocenters. The first-order valence-corrected chi connectivity index (χ1v) is 11.0. The molecular weight excluding hydrogens is 430 g/mol. The number of nitrogens with zero attached hydrogens (tertiary/aromatic N) is 5. The summed E-state index contributed by atoms with van der Waals surface area (Å²) in [5.74, 6) is 0.305. The molecule has 1 fully saturated rings. The summed E-state index contributed by atoms with van der Waals surface area (Å²) in [5, 5.41) is 12.4. The molecule has 1 aliphatic heterocycles. The number of carboxylic acid groups (broad SMARTS) is 1. The molecule has 0 radical (unpaired) electrons. The highest BCUT2D eigenvalue weighted by Crippen LogP contribution is 2.32. The monoisotopic (exact) mass is 459 g/mol. The van der Waals surface area contributed by atoms with Gasteiger partial charge in [-0.1, -0.05) is 17.7 Å². The third kappa shape index (κ3) is 4.62. The molecule has 2 amide bonds. The Balaban J connectivity index is 1.66. The van der Waals surface area contributed by atoms with Gasteiger partial charge in [0.2, 0.25) is 0 Å². The zero-order valence-electron chi connectivity index (χ0n) is 19.2. The summed E-state index contributed by atoms with van der Waals surface area (Å²) >= 11 is 5.79. The van der Waals surface area contributed by atoms with E-state index in [-0.39, 0.29) is 16.4 Å². The van der Waals surface area contributed by atoms with E-state index in [0.717, 1.165) is 5.56 Å². The minimum absolute atomic E-state index is 0.0485. The van der Waals surface area contributed by atoms with Crippen LogP contribution in [0, 0.1) is 0 Å². The van der Waals surface area contributed by atoms with Gasteiger partial charge in [0.05, 0.1) is 24.2 Å². The Morgan fingerprint density at radius 2 is 1.94 bits per heavy atom. The van der Waals surface area contributed by atoms with Crippen molar-refractivity contribution in [2.45, 2.75) is 45.8 Å². The van der Waals surface area contributed by atoms with Crippen LogP contribution in [0.4, 0.5) is 10.6 Å². The van der Waals surface area contributed by atoms with Gasteiger partial charge in [-0.3, -0.25) is 19.1 Å². The van der Waals surface area contributed by atoms with E-state index in [4.69, 9.17) is 11.6 Å². The number of halogens is 1. The normalized spacial score (nSPS) is 21.9. The van der Waals surface area contributed by atoms with E-state index in [1.54, 1.807) is 31.4 Å². The molecule has 0 spiro atoms. The molecule has 3 rings (SSSR count). The molecule has 1 unspecified atom stereocenters. The lowest BCUT2D eigenvalue weighted by molar-refractivity contribution is -0.943. The summed E-state index contributed by atoms with van der Waals surface area (Å²) in [7, 11) is 1.66. The highest BCUT2D eigenvalue weighted by Gasteiger charge is 2.49. The fraction of sp³-hybridized carbons (Fsp3) is 0.478. The van der Waals surface area contributed by atoms with Crippen molar-refractivity contribution in [3.63, 3.8) is 0 Å². The van der Waals surface area contributed by atoms with Gasteiger partial charge in [-0.05, 0) is 51.5 Å². The van der Waals surface area contributed by atoms with Crippen molar-refractivity contribution in [3.05, 3.63) is 52.9 Å². The molecule has 9 heteroatoms. The molecule has 0 bridgehead atoms. The SMILES string of the molecule is C[C@H]1CN(Cc2ccc(N(C)C(=O)c3ccc(Cl)nc3)nc2)CC[N+]1(C(=O)[O-])C(C)(C)C. The lowest BCUT2D eigenvalue weighted by Crippen LogP contribution is -2.76. The number of amides is 2. The standard InChI is InChI=1S/C23H30ClN5O3/c1-16-14-28(10-11-29(16,22(31)32)23(2,3)4)15-17-6-9-20(26-12-17)27(5)21(30)18-7-8-19(24)25-13-18/h6-9,12-13,16H,10-11,14-15H2,1-5H3/t16-,29?/m0/s1. The molecule has 3 heterocycles. The molecule has 0 aromatic carbocycles. The van der Waals surface area contributed by atoms with E-state index in [2.05, 4.69) is 14.9 Å². The zero-order valence-corrected chi connectivity index (χ0v) is 20.0. The van der Waals surface area contributed by atoms with Crippen LogP contribution in [-0.2, 0) is 6.54 Å². The number of quaternary nitrogens is 1. The van der Waals surface area contributed by atoms with Crippen LogP contribution in [0.15, 0.2) is 36.7 Å². The van der Waals surface area contributed by atoms with Crippen LogP contribution in [0.5, 0.6) is 0 Å². The second kappa shape index (κ2) is 9.13. The number of rotatable bonds is 4. The van der Waals surface area contributed by atoms with Crippen molar-refractivity contribution in [1.29, 1.82) is 0 Å². The van der Waals surface area contributed by atoms with Gasteiger partial charge in [-0.25, -0.2) is 9.97 Å². The molecule has 32 heavy (non-hydrogen) atoms. The topological polar surface area (TPSA) is 89.5 Å². The van der Waals surface area contributed by atoms with Crippen LogP contribution in [0.1, 0.15) is 43.6 Å². The fourth-order valence-electron chi connectivity index (χ4n) is 4.58. The van der Waals surface area contributed by atoms with Gasteiger partial charge in [0.1, 0.15) is 17.0 Å². The number of piperazine rings is 1. The minimum Gasteiger partial charge on any atom is -0.498 e. The van der Waals surface area contributed by atoms with Gasteiger partial charge in [0, 0.05) is 32.5 Å².